The number of hydrogen-bond acceptors (Lipinski definition) is 2. The molecule has 0 fully saturated rings. The average molecular weight is 292 g/mol. The molecule has 0 aliphatic carbocycles. The third-order valence-electron chi connectivity index (χ3n) is 3.06. The van der Waals surface area contributed by atoms with Gasteiger partial charge in [0.25, 0.3) is 0 Å². The molecule has 0 bridgehead atoms. The first-order valence-corrected chi connectivity index (χ1v) is 7.17. The van der Waals surface area contributed by atoms with Gasteiger partial charge in [0.05, 0.1) is 12.0 Å². The van der Waals surface area contributed by atoms with E-state index >= 15 is 0 Å². The summed E-state index contributed by atoms with van der Waals surface area (Å²) >= 11 is 6.31. The summed E-state index contributed by atoms with van der Waals surface area (Å²) in [4.78, 5) is 11.3. The van der Waals surface area contributed by atoms with E-state index in [1.54, 1.807) is 6.92 Å². The Kier molecular flexibility index (Phi) is 5.24. The Labute approximate surface area is 124 Å². The summed E-state index contributed by atoms with van der Waals surface area (Å²) in [5, 5.41) is -0.168. The molecular weight excluding hydrogens is 274 g/mol. The zero-order chi connectivity index (χ0) is 14.4. The predicted molar refractivity (Wildman–Crippen MR) is 80.2 cm³/mol. The fourth-order valence-corrected chi connectivity index (χ4v) is 2.26. The quantitative estimate of drug-likeness (QED) is 0.593. The lowest BCUT2D eigenvalue weighted by Gasteiger charge is -2.11. The summed E-state index contributed by atoms with van der Waals surface area (Å²) in [6.07, 6.45) is 4.92. The van der Waals surface area contributed by atoms with Crippen LogP contribution in [0, 0.1) is 0 Å². The van der Waals surface area contributed by atoms with Crippen LogP contribution in [0.1, 0.15) is 30.7 Å². The van der Waals surface area contributed by atoms with Crippen molar-refractivity contribution in [2.45, 2.75) is 25.1 Å². The van der Waals surface area contributed by atoms with Crippen LogP contribution in [0.3, 0.4) is 0 Å². The molecule has 0 aliphatic rings. The first kappa shape index (κ1) is 14.7. The average Bonchev–Trinajstić information content (AvgIpc) is 2.99. The highest BCUT2D eigenvalue weighted by atomic mass is 35.5. The Hall–Kier alpha value is -1.74. The van der Waals surface area contributed by atoms with Crippen LogP contribution in [0.25, 0.3) is 5.69 Å². The summed E-state index contributed by atoms with van der Waals surface area (Å²) in [7, 11) is 0. The van der Waals surface area contributed by atoms with E-state index in [1.807, 2.05) is 53.4 Å². The van der Waals surface area contributed by atoms with Crippen LogP contribution in [0.2, 0.25) is 0 Å². The lowest BCUT2D eigenvalue weighted by atomic mass is 10.1. The van der Waals surface area contributed by atoms with Crippen molar-refractivity contribution < 1.29 is 9.53 Å². The van der Waals surface area contributed by atoms with Crippen LogP contribution in [0.4, 0.5) is 0 Å². The second-order valence-corrected chi connectivity index (χ2v) is 5.02. The number of aromatic nitrogens is 1. The van der Waals surface area contributed by atoms with Crippen LogP contribution in [-0.2, 0) is 9.53 Å². The van der Waals surface area contributed by atoms with Crippen LogP contribution < -0.4 is 0 Å². The van der Waals surface area contributed by atoms with E-state index in [0.29, 0.717) is 19.4 Å². The van der Waals surface area contributed by atoms with Crippen molar-refractivity contribution in [3.8, 4) is 5.69 Å². The zero-order valence-corrected chi connectivity index (χ0v) is 12.2. The number of rotatable bonds is 6. The molecule has 0 amide bonds. The van der Waals surface area contributed by atoms with Crippen molar-refractivity contribution in [1.29, 1.82) is 0 Å². The van der Waals surface area contributed by atoms with Gasteiger partial charge in [-0.05, 0) is 43.2 Å². The van der Waals surface area contributed by atoms with Crippen LogP contribution in [-0.4, -0.2) is 17.1 Å². The largest absolute Gasteiger partial charge is 0.466 e. The Balaban J connectivity index is 1.94. The minimum Gasteiger partial charge on any atom is -0.466 e. The zero-order valence-electron chi connectivity index (χ0n) is 11.5. The lowest BCUT2D eigenvalue weighted by Crippen LogP contribution is -2.05. The first-order valence-electron chi connectivity index (χ1n) is 6.73. The Bertz CT molecular complexity index is 534. The number of hydrogen-bond donors (Lipinski definition) is 0. The second kappa shape index (κ2) is 7.15. The molecule has 1 atom stereocenters. The van der Waals surface area contributed by atoms with Gasteiger partial charge in [0, 0.05) is 24.5 Å². The van der Waals surface area contributed by atoms with Crippen LogP contribution in [0.5, 0.6) is 0 Å². The minimum absolute atomic E-state index is 0.168. The minimum atomic E-state index is -0.192. The van der Waals surface area contributed by atoms with E-state index in [4.69, 9.17) is 16.3 Å². The van der Waals surface area contributed by atoms with Gasteiger partial charge in [0.15, 0.2) is 0 Å². The van der Waals surface area contributed by atoms with Crippen molar-refractivity contribution in [2.75, 3.05) is 6.61 Å². The fourth-order valence-electron chi connectivity index (χ4n) is 2.01. The molecule has 1 aromatic heterocycles. The molecular formula is C16H18ClNO2. The van der Waals surface area contributed by atoms with Crippen molar-refractivity contribution in [2.24, 2.45) is 0 Å². The molecule has 0 radical (unpaired) electrons. The third kappa shape index (κ3) is 3.87. The number of carbonyl (C=O) groups excluding carboxylic acids is 1. The summed E-state index contributed by atoms with van der Waals surface area (Å²) in [6.45, 7) is 2.22. The SMILES string of the molecule is CCOC(=O)CCC(Cl)c1ccc(-n2cccc2)cc1. The van der Waals surface area contributed by atoms with Crippen molar-refractivity contribution in [1.82, 2.24) is 4.57 Å². The Morgan fingerprint density at radius 2 is 1.90 bits per heavy atom. The lowest BCUT2D eigenvalue weighted by molar-refractivity contribution is -0.143. The molecule has 3 nitrogen and oxygen atoms in total. The molecule has 0 N–H and O–H groups in total. The maximum atomic E-state index is 11.3. The molecule has 4 heteroatoms. The van der Waals surface area contributed by atoms with E-state index in [0.717, 1.165) is 11.3 Å². The highest BCUT2D eigenvalue weighted by molar-refractivity contribution is 6.20. The van der Waals surface area contributed by atoms with Gasteiger partial charge in [-0.15, -0.1) is 11.6 Å². The maximum Gasteiger partial charge on any atom is 0.305 e. The van der Waals surface area contributed by atoms with Gasteiger partial charge in [-0.25, -0.2) is 0 Å². The normalized spacial score (nSPS) is 12.1. The van der Waals surface area contributed by atoms with E-state index in [-0.39, 0.29) is 11.3 Å². The number of esters is 1. The van der Waals surface area contributed by atoms with E-state index < -0.39 is 0 Å². The van der Waals surface area contributed by atoms with E-state index in [9.17, 15) is 4.79 Å². The molecule has 0 aliphatic heterocycles. The first-order chi connectivity index (χ1) is 9.70. The van der Waals surface area contributed by atoms with E-state index in [2.05, 4.69) is 0 Å². The van der Waals surface area contributed by atoms with Crippen LogP contribution >= 0.6 is 11.6 Å². The molecule has 20 heavy (non-hydrogen) atoms. The predicted octanol–water partition coefficient (Wildman–Crippen LogP) is 4.10. The highest BCUT2D eigenvalue weighted by Gasteiger charge is 2.11. The molecule has 1 heterocycles. The number of halogens is 1. The molecule has 0 saturated heterocycles. The fraction of sp³-hybridized carbons (Fsp3) is 0.312. The number of ether oxygens (including phenoxy) is 1. The molecule has 106 valence electrons. The third-order valence-corrected chi connectivity index (χ3v) is 3.53. The maximum absolute atomic E-state index is 11.3. The number of benzene rings is 1. The Morgan fingerprint density at radius 3 is 2.50 bits per heavy atom. The van der Waals surface area contributed by atoms with Crippen molar-refractivity contribution in [3.05, 3.63) is 54.4 Å². The van der Waals surface area contributed by atoms with Crippen molar-refractivity contribution in [3.63, 3.8) is 0 Å². The monoisotopic (exact) mass is 291 g/mol. The molecule has 2 rings (SSSR count). The van der Waals surface area contributed by atoms with Gasteiger partial charge in [-0.1, -0.05) is 12.1 Å². The Morgan fingerprint density at radius 1 is 1.25 bits per heavy atom. The molecule has 0 saturated carbocycles. The molecule has 2 aromatic rings. The summed E-state index contributed by atoms with van der Waals surface area (Å²) < 4.78 is 6.93. The van der Waals surface area contributed by atoms with Gasteiger partial charge in [-0.3, -0.25) is 4.79 Å². The second-order valence-electron chi connectivity index (χ2n) is 4.49. The number of nitrogens with zero attached hydrogens (tertiary/aromatic N) is 1. The topological polar surface area (TPSA) is 31.2 Å². The smallest absolute Gasteiger partial charge is 0.305 e. The molecule has 1 aromatic carbocycles. The van der Waals surface area contributed by atoms with Gasteiger partial charge in [0.2, 0.25) is 0 Å². The standard InChI is InChI=1S/C16H18ClNO2/c1-2-20-16(19)10-9-15(17)13-5-7-14(8-6-13)18-11-3-4-12-18/h3-8,11-12,15H,2,9-10H2,1H3. The van der Waals surface area contributed by atoms with Gasteiger partial charge >= 0.3 is 5.97 Å². The van der Waals surface area contributed by atoms with E-state index in [1.165, 1.54) is 0 Å². The molecule has 1 unspecified atom stereocenters. The van der Waals surface area contributed by atoms with Gasteiger partial charge < -0.3 is 9.30 Å². The van der Waals surface area contributed by atoms with Gasteiger partial charge in [0.1, 0.15) is 0 Å². The molecule has 0 spiro atoms. The highest BCUT2D eigenvalue weighted by Crippen LogP contribution is 2.26. The van der Waals surface area contributed by atoms with Gasteiger partial charge in [-0.2, -0.15) is 0 Å². The summed E-state index contributed by atoms with van der Waals surface area (Å²) in [5.74, 6) is -0.192. The summed E-state index contributed by atoms with van der Waals surface area (Å²) in [5.41, 5.74) is 2.11. The number of carbonyl (C=O) groups is 1. The van der Waals surface area contributed by atoms with Crippen LogP contribution in [0.15, 0.2) is 48.8 Å². The summed E-state index contributed by atoms with van der Waals surface area (Å²) in [6, 6.07) is 12.0. The van der Waals surface area contributed by atoms with Crippen molar-refractivity contribution >= 4 is 17.6 Å². The number of alkyl halides is 1.